The van der Waals surface area contributed by atoms with E-state index in [4.69, 9.17) is 16.3 Å². The first-order valence-electron chi connectivity index (χ1n) is 7.56. The first kappa shape index (κ1) is 16.5. The first-order chi connectivity index (χ1) is 10.9. The van der Waals surface area contributed by atoms with Gasteiger partial charge in [-0.1, -0.05) is 11.6 Å². The third kappa shape index (κ3) is 2.60. The smallest absolute Gasteiger partial charge is 0.247 e. The summed E-state index contributed by atoms with van der Waals surface area (Å²) in [5.74, 6) is 0.0264. The van der Waals surface area contributed by atoms with Gasteiger partial charge in [-0.15, -0.1) is 0 Å². The summed E-state index contributed by atoms with van der Waals surface area (Å²) < 4.78 is 32.9. The van der Waals surface area contributed by atoms with Gasteiger partial charge in [-0.3, -0.25) is 4.79 Å². The van der Waals surface area contributed by atoms with Crippen LogP contribution < -0.4 is 10.1 Å². The Morgan fingerprint density at radius 2 is 2.04 bits per heavy atom. The molecule has 0 bridgehead atoms. The second-order valence-electron chi connectivity index (χ2n) is 5.87. The molecule has 0 aromatic heterocycles. The number of nitrogens with zero attached hydrogens (tertiary/aromatic N) is 1. The lowest BCUT2D eigenvalue weighted by molar-refractivity contribution is -0.131. The highest BCUT2D eigenvalue weighted by Crippen LogP contribution is 2.41. The molecule has 2 heterocycles. The van der Waals surface area contributed by atoms with E-state index in [2.05, 4.69) is 5.32 Å². The minimum absolute atomic E-state index is 0.00662. The van der Waals surface area contributed by atoms with Crippen molar-refractivity contribution >= 4 is 27.5 Å². The fraction of sp³-hybridized carbons (Fsp3) is 0.533. The van der Waals surface area contributed by atoms with E-state index in [-0.39, 0.29) is 16.6 Å². The molecule has 2 aliphatic rings. The van der Waals surface area contributed by atoms with Crippen molar-refractivity contribution in [1.29, 1.82) is 0 Å². The van der Waals surface area contributed by atoms with Crippen LogP contribution >= 0.6 is 11.6 Å². The molecule has 2 fully saturated rings. The van der Waals surface area contributed by atoms with E-state index < -0.39 is 15.6 Å². The summed E-state index contributed by atoms with van der Waals surface area (Å²) in [5, 5.41) is 3.12. The van der Waals surface area contributed by atoms with Crippen LogP contribution in [-0.4, -0.2) is 44.4 Å². The van der Waals surface area contributed by atoms with Crippen molar-refractivity contribution in [3.05, 3.63) is 23.2 Å². The maximum atomic E-state index is 13.2. The molecule has 8 heteroatoms. The van der Waals surface area contributed by atoms with Crippen LogP contribution in [0.5, 0.6) is 5.75 Å². The van der Waals surface area contributed by atoms with Crippen LogP contribution in [0.3, 0.4) is 0 Å². The van der Waals surface area contributed by atoms with Crippen LogP contribution in [0, 0.1) is 0 Å². The quantitative estimate of drug-likeness (QED) is 0.893. The Labute approximate surface area is 140 Å². The Morgan fingerprint density at radius 3 is 2.74 bits per heavy atom. The number of amides is 1. The Kier molecular flexibility index (Phi) is 4.29. The lowest BCUT2D eigenvalue weighted by atomic mass is 9.88. The van der Waals surface area contributed by atoms with E-state index >= 15 is 0 Å². The molecule has 1 unspecified atom stereocenters. The number of carbonyl (C=O) groups excluding carboxylic acids is 1. The van der Waals surface area contributed by atoms with E-state index in [9.17, 15) is 13.2 Å². The summed E-state index contributed by atoms with van der Waals surface area (Å²) >= 11 is 5.97. The lowest BCUT2D eigenvalue weighted by Gasteiger charge is -2.39. The maximum Gasteiger partial charge on any atom is 0.247 e. The molecule has 1 aromatic rings. The summed E-state index contributed by atoms with van der Waals surface area (Å²) in [6, 6.07) is 4.48. The number of methoxy groups -OCH3 is 1. The third-order valence-corrected chi connectivity index (χ3v) is 6.82. The highest BCUT2D eigenvalue weighted by Gasteiger charge is 2.54. The van der Waals surface area contributed by atoms with Crippen LogP contribution in [0.4, 0.5) is 0 Å². The van der Waals surface area contributed by atoms with E-state index in [1.54, 1.807) is 6.07 Å². The second-order valence-corrected chi connectivity index (χ2v) is 8.13. The molecule has 6 nitrogen and oxygen atoms in total. The van der Waals surface area contributed by atoms with Crippen molar-refractivity contribution in [3.63, 3.8) is 0 Å². The Morgan fingerprint density at radius 1 is 1.30 bits per heavy atom. The van der Waals surface area contributed by atoms with E-state index in [1.807, 2.05) is 0 Å². The molecule has 0 saturated carbocycles. The van der Waals surface area contributed by atoms with Crippen LogP contribution in [-0.2, 0) is 14.8 Å². The molecule has 1 N–H and O–H groups in total. The predicted octanol–water partition coefficient (Wildman–Crippen LogP) is 1.78. The van der Waals surface area contributed by atoms with Crippen molar-refractivity contribution in [2.45, 2.75) is 36.1 Å². The Balaban J connectivity index is 2.09. The summed E-state index contributed by atoms with van der Waals surface area (Å²) in [6.45, 7) is 0.917. The summed E-state index contributed by atoms with van der Waals surface area (Å²) in [4.78, 5) is 12.5. The fourth-order valence-corrected chi connectivity index (χ4v) is 5.76. The largest absolute Gasteiger partial charge is 0.495 e. The third-order valence-electron chi connectivity index (χ3n) is 4.60. The lowest BCUT2D eigenvalue weighted by Crippen LogP contribution is -2.60. The van der Waals surface area contributed by atoms with Crippen molar-refractivity contribution in [1.82, 2.24) is 9.62 Å². The monoisotopic (exact) mass is 358 g/mol. The topological polar surface area (TPSA) is 75.7 Å². The van der Waals surface area contributed by atoms with Gasteiger partial charge < -0.3 is 10.1 Å². The molecule has 1 spiro atoms. The molecule has 1 amide bonds. The molecule has 2 saturated heterocycles. The standard InChI is InChI=1S/C15H19ClN2O4S/c1-22-12-5-4-11(16)10-13(12)23(20,21)18-9-3-7-15(18)6-2-8-17-14(15)19/h4-5,10H,2-3,6-9H2,1H3,(H,17,19). The van der Waals surface area contributed by atoms with Gasteiger partial charge >= 0.3 is 0 Å². The van der Waals surface area contributed by atoms with Crippen molar-refractivity contribution in [2.75, 3.05) is 20.2 Å². The number of benzene rings is 1. The van der Waals surface area contributed by atoms with Gasteiger partial charge in [0.15, 0.2) is 0 Å². The van der Waals surface area contributed by atoms with E-state index in [0.717, 1.165) is 6.42 Å². The fourth-order valence-electron chi connectivity index (χ4n) is 3.51. The van der Waals surface area contributed by atoms with Gasteiger partial charge in [-0.25, -0.2) is 8.42 Å². The second kappa shape index (κ2) is 5.96. The zero-order valence-electron chi connectivity index (χ0n) is 12.8. The first-order valence-corrected chi connectivity index (χ1v) is 9.38. The van der Waals surface area contributed by atoms with Crippen LogP contribution in [0.15, 0.2) is 23.1 Å². The number of sulfonamides is 1. The maximum absolute atomic E-state index is 13.2. The van der Waals surface area contributed by atoms with Crippen LogP contribution in [0.1, 0.15) is 25.7 Å². The molecule has 0 aliphatic carbocycles. The Bertz CT molecular complexity index is 737. The minimum atomic E-state index is -3.88. The number of hydrogen-bond acceptors (Lipinski definition) is 4. The summed E-state index contributed by atoms with van der Waals surface area (Å²) in [7, 11) is -2.47. The van der Waals surface area contributed by atoms with Gasteiger partial charge in [0.1, 0.15) is 16.2 Å². The van der Waals surface area contributed by atoms with Crippen LogP contribution in [0.2, 0.25) is 5.02 Å². The normalized spacial score (nSPS) is 25.6. The van der Waals surface area contributed by atoms with Crippen molar-refractivity contribution in [3.8, 4) is 5.75 Å². The number of ether oxygens (including phenoxy) is 1. The number of nitrogens with one attached hydrogen (secondary N) is 1. The highest BCUT2D eigenvalue weighted by molar-refractivity contribution is 7.89. The summed E-state index contributed by atoms with van der Waals surface area (Å²) in [5.41, 5.74) is -0.982. The molecule has 1 atom stereocenters. The molecule has 3 rings (SSSR count). The SMILES string of the molecule is COc1ccc(Cl)cc1S(=O)(=O)N1CCCC12CCCNC2=O. The molecule has 1 aromatic carbocycles. The average molecular weight is 359 g/mol. The molecular weight excluding hydrogens is 340 g/mol. The summed E-state index contributed by atoms with van der Waals surface area (Å²) in [6.07, 6.45) is 2.52. The number of hydrogen-bond donors (Lipinski definition) is 1. The van der Waals surface area contributed by atoms with Gasteiger partial charge in [0.05, 0.1) is 7.11 Å². The molecule has 126 valence electrons. The highest BCUT2D eigenvalue weighted by atomic mass is 35.5. The molecule has 2 aliphatic heterocycles. The number of halogens is 1. The zero-order chi connectivity index (χ0) is 16.7. The van der Waals surface area contributed by atoms with Gasteiger partial charge in [0.2, 0.25) is 15.9 Å². The minimum Gasteiger partial charge on any atom is -0.495 e. The molecular formula is C15H19ClN2O4S. The van der Waals surface area contributed by atoms with Gasteiger partial charge in [0.25, 0.3) is 0 Å². The van der Waals surface area contributed by atoms with E-state index in [0.29, 0.717) is 37.4 Å². The van der Waals surface area contributed by atoms with Gasteiger partial charge in [-0.05, 0) is 43.9 Å². The van der Waals surface area contributed by atoms with Gasteiger partial charge in [0, 0.05) is 18.1 Å². The zero-order valence-corrected chi connectivity index (χ0v) is 14.4. The predicted molar refractivity (Wildman–Crippen MR) is 86.1 cm³/mol. The van der Waals surface area contributed by atoms with Crippen molar-refractivity contribution in [2.24, 2.45) is 0 Å². The van der Waals surface area contributed by atoms with Crippen LogP contribution in [0.25, 0.3) is 0 Å². The number of carbonyl (C=O) groups is 1. The van der Waals surface area contributed by atoms with Crippen molar-refractivity contribution < 1.29 is 17.9 Å². The van der Waals surface area contributed by atoms with E-state index in [1.165, 1.54) is 23.5 Å². The number of rotatable bonds is 3. The number of piperidine rings is 1. The molecule has 0 radical (unpaired) electrons. The van der Waals surface area contributed by atoms with Gasteiger partial charge in [-0.2, -0.15) is 4.31 Å². The average Bonchev–Trinajstić information content (AvgIpc) is 2.96. The molecule has 23 heavy (non-hydrogen) atoms. The Hall–Kier alpha value is -1.31.